The molecule has 0 saturated carbocycles. The van der Waals surface area contributed by atoms with E-state index in [1.165, 1.54) is 53.9 Å². The number of ether oxygens (including phenoxy) is 1. The van der Waals surface area contributed by atoms with Gasteiger partial charge in [0, 0.05) is 36.0 Å². The molecule has 9 nitrogen and oxygen atoms in total. The Morgan fingerprint density at radius 3 is 2.67 bits per heavy atom. The number of anilines is 1. The van der Waals surface area contributed by atoms with Gasteiger partial charge in [0.05, 0.1) is 12.0 Å². The molecule has 1 fully saturated rings. The number of carbonyl (C=O) groups excluding carboxylic acids is 1. The maximum atomic E-state index is 13.3. The van der Waals surface area contributed by atoms with Gasteiger partial charge in [-0.2, -0.15) is 4.31 Å². The number of methoxy groups -OCH3 is 1. The molecule has 30 heavy (non-hydrogen) atoms. The van der Waals surface area contributed by atoms with E-state index >= 15 is 0 Å². The number of piperidine rings is 1. The molecule has 3 rings (SSSR count). The fourth-order valence-electron chi connectivity index (χ4n) is 3.48. The maximum absolute atomic E-state index is 13.3. The van der Waals surface area contributed by atoms with E-state index in [0.29, 0.717) is 6.54 Å². The maximum Gasteiger partial charge on any atom is 0.271 e. The van der Waals surface area contributed by atoms with Crippen molar-refractivity contribution in [3.8, 4) is 5.75 Å². The van der Waals surface area contributed by atoms with Crippen LogP contribution in [0.4, 0.5) is 11.4 Å². The Morgan fingerprint density at radius 2 is 2.00 bits per heavy atom. The number of hydrogen-bond donors (Lipinski definition) is 1. The van der Waals surface area contributed by atoms with Crippen molar-refractivity contribution in [1.29, 1.82) is 0 Å². The van der Waals surface area contributed by atoms with Gasteiger partial charge in [-0.25, -0.2) is 8.42 Å². The second-order valence-corrected chi connectivity index (χ2v) is 8.95. The minimum atomic E-state index is -3.86. The van der Waals surface area contributed by atoms with Crippen LogP contribution in [0.5, 0.6) is 5.75 Å². The summed E-state index contributed by atoms with van der Waals surface area (Å²) in [5.74, 6) is -0.430. The summed E-state index contributed by atoms with van der Waals surface area (Å²) in [5, 5.41) is 13.5. The number of carbonyl (C=O) groups is 1. The quantitative estimate of drug-likeness (QED) is 0.551. The fraction of sp³-hybridized carbons (Fsp3) is 0.350. The van der Waals surface area contributed by atoms with Crippen LogP contribution in [0, 0.1) is 10.1 Å². The number of rotatable bonds is 6. The summed E-state index contributed by atoms with van der Waals surface area (Å²) < 4.78 is 33.2. The van der Waals surface area contributed by atoms with E-state index in [0.717, 1.165) is 19.3 Å². The first-order valence-corrected chi connectivity index (χ1v) is 10.9. The number of nitro benzene ring substituents is 1. The van der Waals surface area contributed by atoms with E-state index < -0.39 is 20.9 Å². The predicted molar refractivity (Wildman–Crippen MR) is 111 cm³/mol. The topological polar surface area (TPSA) is 119 Å². The van der Waals surface area contributed by atoms with E-state index in [-0.39, 0.29) is 33.6 Å². The molecule has 1 amide bonds. The monoisotopic (exact) mass is 433 g/mol. The number of hydrogen-bond acceptors (Lipinski definition) is 6. The first-order valence-electron chi connectivity index (χ1n) is 9.49. The third kappa shape index (κ3) is 4.44. The Balaban J connectivity index is 1.93. The van der Waals surface area contributed by atoms with Gasteiger partial charge in [0.2, 0.25) is 10.0 Å². The molecule has 0 aromatic heterocycles. The zero-order valence-corrected chi connectivity index (χ0v) is 17.5. The molecule has 0 radical (unpaired) electrons. The number of nitrogens with one attached hydrogen (secondary N) is 1. The smallest absolute Gasteiger partial charge is 0.271 e. The minimum Gasteiger partial charge on any atom is -0.495 e. The second kappa shape index (κ2) is 8.80. The molecule has 0 spiro atoms. The molecular formula is C20H23N3O6S. The van der Waals surface area contributed by atoms with Crippen molar-refractivity contribution in [2.24, 2.45) is 0 Å². The molecule has 1 N–H and O–H groups in total. The lowest BCUT2D eigenvalue weighted by molar-refractivity contribution is -0.384. The van der Waals surface area contributed by atoms with Crippen LogP contribution in [0.3, 0.4) is 0 Å². The van der Waals surface area contributed by atoms with Gasteiger partial charge in [0.25, 0.3) is 11.6 Å². The van der Waals surface area contributed by atoms with E-state index in [9.17, 15) is 23.3 Å². The van der Waals surface area contributed by atoms with Crippen molar-refractivity contribution in [3.05, 3.63) is 58.1 Å². The van der Waals surface area contributed by atoms with Gasteiger partial charge < -0.3 is 10.1 Å². The number of nitro groups is 1. The first-order chi connectivity index (χ1) is 14.2. The largest absolute Gasteiger partial charge is 0.495 e. The standard InChI is InChI=1S/C20H23N3O6S/c1-14-6-3-4-11-22(14)30(27,28)19-12-15(9-10-18(19)29-2)20(24)21-16-7-5-8-17(13-16)23(25)26/h5,7-10,12-14H,3-4,6,11H2,1-2H3,(H,21,24). The fourth-order valence-corrected chi connectivity index (χ4v) is 5.36. The third-order valence-electron chi connectivity index (χ3n) is 5.07. The lowest BCUT2D eigenvalue weighted by Gasteiger charge is -2.32. The predicted octanol–water partition coefficient (Wildman–Crippen LogP) is 3.42. The molecule has 1 unspecified atom stereocenters. The Labute approximate surface area is 174 Å². The van der Waals surface area contributed by atoms with E-state index in [1.807, 2.05) is 6.92 Å². The van der Waals surface area contributed by atoms with Gasteiger partial charge in [-0.15, -0.1) is 0 Å². The summed E-state index contributed by atoms with van der Waals surface area (Å²) in [6.07, 6.45) is 2.52. The highest BCUT2D eigenvalue weighted by atomic mass is 32.2. The Kier molecular flexibility index (Phi) is 6.37. The molecular weight excluding hydrogens is 410 g/mol. The van der Waals surface area contributed by atoms with Gasteiger partial charge in [-0.1, -0.05) is 12.5 Å². The van der Waals surface area contributed by atoms with E-state index in [2.05, 4.69) is 5.32 Å². The molecule has 0 aliphatic carbocycles. The van der Waals surface area contributed by atoms with Gasteiger partial charge in [0.15, 0.2) is 0 Å². The zero-order chi connectivity index (χ0) is 21.9. The Hall–Kier alpha value is -2.98. The number of sulfonamides is 1. The normalized spacial score (nSPS) is 17.3. The molecule has 2 aromatic rings. The molecule has 1 aliphatic heterocycles. The molecule has 1 aliphatic rings. The highest BCUT2D eigenvalue weighted by molar-refractivity contribution is 7.89. The average Bonchev–Trinajstić information content (AvgIpc) is 2.73. The van der Waals surface area contributed by atoms with Crippen LogP contribution in [0.25, 0.3) is 0 Å². The van der Waals surface area contributed by atoms with Crippen LogP contribution < -0.4 is 10.1 Å². The summed E-state index contributed by atoms with van der Waals surface area (Å²) >= 11 is 0. The van der Waals surface area contributed by atoms with E-state index in [1.54, 1.807) is 0 Å². The highest BCUT2D eigenvalue weighted by Gasteiger charge is 2.33. The Bertz CT molecular complexity index is 1070. The molecule has 1 saturated heterocycles. The third-order valence-corrected chi connectivity index (χ3v) is 7.10. The first kappa shape index (κ1) is 21.7. The summed E-state index contributed by atoms with van der Waals surface area (Å²) in [7, 11) is -2.49. The minimum absolute atomic E-state index is 0.0783. The molecule has 10 heteroatoms. The highest BCUT2D eigenvalue weighted by Crippen LogP contribution is 2.32. The van der Waals surface area contributed by atoms with Gasteiger partial charge in [0.1, 0.15) is 10.6 Å². The second-order valence-electron chi connectivity index (χ2n) is 7.09. The lowest BCUT2D eigenvalue weighted by Crippen LogP contribution is -2.42. The summed E-state index contributed by atoms with van der Waals surface area (Å²) in [4.78, 5) is 23.0. The van der Waals surface area contributed by atoms with Crippen LogP contribution in [0.15, 0.2) is 47.4 Å². The van der Waals surface area contributed by atoms with E-state index in [4.69, 9.17) is 4.74 Å². The number of nitrogens with zero attached hydrogens (tertiary/aromatic N) is 2. The van der Waals surface area contributed by atoms with Crippen molar-refractivity contribution in [3.63, 3.8) is 0 Å². The van der Waals surface area contributed by atoms with Crippen LogP contribution in [0.2, 0.25) is 0 Å². The lowest BCUT2D eigenvalue weighted by atomic mass is 10.1. The van der Waals surface area contributed by atoms with Gasteiger partial charge >= 0.3 is 0 Å². The molecule has 0 bridgehead atoms. The van der Waals surface area contributed by atoms with Crippen LogP contribution in [0.1, 0.15) is 36.5 Å². The SMILES string of the molecule is COc1ccc(C(=O)Nc2cccc([N+](=O)[O-])c2)cc1S(=O)(=O)N1CCCCC1C. The van der Waals surface area contributed by atoms with Crippen molar-refractivity contribution in [1.82, 2.24) is 4.31 Å². The van der Waals surface area contributed by atoms with Crippen molar-refractivity contribution in [2.45, 2.75) is 37.1 Å². The van der Waals surface area contributed by atoms with Crippen molar-refractivity contribution in [2.75, 3.05) is 19.0 Å². The molecule has 1 atom stereocenters. The molecule has 1 heterocycles. The Morgan fingerprint density at radius 1 is 1.23 bits per heavy atom. The van der Waals surface area contributed by atoms with Gasteiger partial charge in [-0.05, 0) is 44.0 Å². The summed E-state index contributed by atoms with van der Waals surface area (Å²) in [6.45, 7) is 2.28. The summed E-state index contributed by atoms with van der Waals surface area (Å²) in [6, 6.07) is 9.53. The van der Waals surface area contributed by atoms with Gasteiger partial charge in [-0.3, -0.25) is 14.9 Å². The molecule has 160 valence electrons. The zero-order valence-electron chi connectivity index (χ0n) is 16.7. The van der Waals surface area contributed by atoms with Crippen LogP contribution in [-0.4, -0.2) is 43.2 Å². The average molecular weight is 433 g/mol. The van der Waals surface area contributed by atoms with Crippen molar-refractivity contribution >= 4 is 27.3 Å². The van der Waals surface area contributed by atoms with Crippen molar-refractivity contribution < 1.29 is 22.9 Å². The number of non-ortho nitro benzene ring substituents is 1. The number of benzene rings is 2. The number of amides is 1. The summed E-state index contributed by atoms with van der Waals surface area (Å²) in [5.41, 5.74) is 0.175. The van der Waals surface area contributed by atoms with Crippen LogP contribution >= 0.6 is 0 Å². The molecule has 2 aromatic carbocycles. The van der Waals surface area contributed by atoms with Crippen LogP contribution in [-0.2, 0) is 10.0 Å².